The number of hydrogen-bond donors (Lipinski definition) is 2. The minimum absolute atomic E-state index is 0.752. The third kappa shape index (κ3) is 4.30. The van der Waals surface area contributed by atoms with E-state index in [-0.39, 0.29) is 0 Å². The Balaban J connectivity index is 2.04. The lowest BCUT2D eigenvalue weighted by Crippen LogP contribution is -1.98. The Morgan fingerprint density at radius 2 is 1.75 bits per heavy atom. The maximum atomic E-state index is 6.07. The molecule has 0 aliphatic heterocycles. The lowest BCUT2D eigenvalue weighted by molar-refractivity contribution is 0.556. The van der Waals surface area contributed by atoms with Crippen molar-refractivity contribution in [2.75, 3.05) is 11.1 Å². The van der Waals surface area contributed by atoms with Gasteiger partial charge >= 0.3 is 0 Å². The van der Waals surface area contributed by atoms with Gasteiger partial charge in [0, 0.05) is 17.1 Å². The highest BCUT2D eigenvalue weighted by atomic mass is 14.9. The molecule has 106 valence electrons. The highest BCUT2D eigenvalue weighted by Crippen LogP contribution is 2.23. The van der Waals surface area contributed by atoms with Crippen molar-refractivity contribution in [3.05, 3.63) is 54.1 Å². The second-order valence-corrected chi connectivity index (χ2v) is 5.69. The first kappa shape index (κ1) is 14.4. The van der Waals surface area contributed by atoms with E-state index in [9.17, 15) is 0 Å². The van der Waals surface area contributed by atoms with Gasteiger partial charge in [-0.25, -0.2) is 0 Å². The molecule has 2 heteroatoms. The number of anilines is 3. The zero-order chi connectivity index (χ0) is 14.4. The number of benzene rings is 2. The molecule has 0 atom stereocenters. The van der Waals surface area contributed by atoms with Gasteiger partial charge in [0.05, 0.1) is 0 Å². The summed E-state index contributed by atoms with van der Waals surface area (Å²) in [5.74, 6) is 0.752. The van der Waals surface area contributed by atoms with E-state index >= 15 is 0 Å². The molecule has 0 saturated carbocycles. The molecule has 0 spiro atoms. The largest absolute Gasteiger partial charge is 0.399 e. The number of nitrogens with one attached hydrogen (secondary N) is 1. The highest BCUT2D eigenvalue weighted by molar-refractivity contribution is 5.64. The van der Waals surface area contributed by atoms with Crippen LogP contribution in [-0.2, 0) is 6.42 Å². The number of aryl methyl sites for hydroxylation is 1. The molecule has 3 N–H and O–H groups in total. The summed E-state index contributed by atoms with van der Waals surface area (Å²) in [6.45, 7) is 4.52. The molecular formula is C18H24N2. The molecule has 0 aliphatic rings. The Labute approximate surface area is 122 Å². The van der Waals surface area contributed by atoms with Gasteiger partial charge in [-0.3, -0.25) is 0 Å². The fourth-order valence-corrected chi connectivity index (χ4v) is 2.29. The number of nitrogen functional groups attached to an aromatic ring is 1. The van der Waals surface area contributed by atoms with Crippen molar-refractivity contribution >= 4 is 17.1 Å². The van der Waals surface area contributed by atoms with Gasteiger partial charge in [0.15, 0.2) is 0 Å². The van der Waals surface area contributed by atoms with E-state index in [0.717, 1.165) is 29.4 Å². The minimum Gasteiger partial charge on any atom is -0.399 e. The molecule has 2 nitrogen and oxygen atoms in total. The van der Waals surface area contributed by atoms with Crippen LogP contribution in [0.3, 0.4) is 0 Å². The van der Waals surface area contributed by atoms with Gasteiger partial charge in [-0.05, 0) is 54.7 Å². The van der Waals surface area contributed by atoms with Crippen LogP contribution in [0.1, 0.15) is 32.3 Å². The molecule has 2 rings (SSSR count). The first-order valence-electron chi connectivity index (χ1n) is 7.35. The van der Waals surface area contributed by atoms with E-state index in [2.05, 4.69) is 37.4 Å². The minimum atomic E-state index is 0.752. The van der Waals surface area contributed by atoms with Crippen LogP contribution < -0.4 is 11.1 Å². The molecule has 0 aromatic heterocycles. The number of hydrogen-bond acceptors (Lipinski definition) is 2. The van der Waals surface area contributed by atoms with Crippen LogP contribution in [0.15, 0.2) is 48.5 Å². The third-order valence-corrected chi connectivity index (χ3v) is 3.43. The first-order valence-corrected chi connectivity index (χ1v) is 7.35. The molecule has 2 aromatic carbocycles. The second kappa shape index (κ2) is 6.99. The summed E-state index contributed by atoms with van der Waals surface area (Å²) < 4.78 is 0. The summed E-state index contributed by atoms with van der Waals surface area (Å²) in [6, 6.07) is 16.4. The van der Waals surface area contributed by atoms with Gasteiger partial charge in [-0.1, -0.05) is 38.5 Å². The summed E-state index contributed by atoms with van der Waals surface area (Å²) in [5, 5.41) is 3.42. The first-order chi connectivity index (χ1) is 9.65. The van der Waals surface area contributed by atoms with Crippen LogP contribution in [0.4, 0.5) is 17.1 Å². The molecule has 0 radical (unpaired) electrons. The van der Waals surface area contributed by atoms with Crippen molar-refractivity contribution in [1.29, 1.82) is 0 Å². The molecule has 0 heterocycles. The maximum absolute atomic E-state index is 6.07. The van der Waals surface area contributed by atoms with E-state index in [1.54, 1.807) is 0 Å². The molecule has 0 bridgehead atoms. The highest BCUT2D eigenvalue weighted by Gasteiger charge is 2.03. The molecule has 0 saturated heterocycles. The van der Waals surface area contributed by atoms with Crippen molar-refractivity contribution in [2.45, 2.75) is 33.1 Å². The molecule has 0 amide bonds. The van der Waals surface area contributed by atoms with Gasteiger partial charge < -0.3 is 11.1 Å². The Bertz CT molecular complexity index is 532. The third-order valence-electron chi connectivity index (χ3n) is 3.43. The fourth-order valence-electron chi connectivity index (χ4n) is 2.29. The predicted octanol–water partition coefficient (Wildman–Crippen LogP) is 4.99. The maximum Gasteiger partial charge on any atom is 0.0388 e. The van der Waals surface area contributed by atoms with Crippen LogP contribution in [0.2, 0.25) is 0 Å². The molecular weight excluding hydrogens is 244 g/mol. The van der Waals surface area contributed by atoms with E-state index in [0.29, 0.717) is 0 Å². The van der Waals surface area contributed by atoms with Crippen LogP contribution in [0.25, 0.3) is 0 Å². The average Bonchev–Trinajstić information content (AvgIpc) is 2.43. The smallest absolute Gasteiger partial charge is 0.0388 e. The Hall–Kier alpha value is -1.96. The van der Waals surface area contributed by atoms with Gasteiger partial charge in [0.25, 0.3) is 0 Å². The summed E-state index contributed by atoms with van der Waals surface area (Å²) >= 11 is 0. The van der Waals surface area contributed by atoms with Crippen molar-refractivity contribution in [3.63, 3.8) is 0 Å². The molecule has 0 fully saturated rings. The fraction of sp³-hybridized carbons (Fsp3) is 0.333. The van der Waals surface area contributed by atoms with E-state index in [1.807, 2.05) is 30.3 Å². The summed E-state index contributed by atoms with van der Waals surface area (Å²) in [4.78, 5) is 0. The predicted molar refractivity (Wildman–Crippen MR) is 88.4 cm³/mol. The van der Waals surface area contributed by atoms with Crippen molar-refractivity contribution < 1.29 is 0 Å². The molecule has 2 aromatic rings. The lowest BCUT2D eigenvalue weighted by Gasteiger charge is -2.11. The Morgan fingerprint density at radius 3 is 2.45 bits per heavy atom. The van der Waals surface area contributed by atoms with Gasteiger partial charge in [-0.2, -0.15) is 0 Å². The van der Waals surface area contributed by atoms with Crippen LogP contribution in [0, 0.1) is 5.92 Å². The molecule has 0 unspecified atom stereocenters. The second-order valence-electron chi connectivity index (χ2n) is 5.69. The molecule has 20 heavy (non-hydrogen) atoms. The number of para-hydroxylation sites is 1. The topological polar surface area (TPSA) is 38.0 Å². The lowest BCUT2D eigenvalue weighted by atomic mass is 10.0. The number of rotatable bonds is 6. The Morgan fingerprint density at radius 1 is 1.00 bits per heavy atom. The summed E-state index contributed by atoms with van der Waals surface area (Å²) in [6.07, 6.45) is 3.49. The van der Waals surface area contributed by atoms with Crippen molar-refractivity contribution in [1.82, 2.24) is 0 Å². The molecule has 0 aliphatic carbocycles. The van der Waals surface area contributed by atoms with E-state index in [4.69, 9.17) is 5.73 Å². The normalized spacial score (nSPS) is 10.8. The van der Waals surface area contributed by atoms with E-state index in [1.165, 1.54) is 18.4 Å². The van der Waals surface area contributed by atoms with Crippen molar-refractivity contribution in [3.8, 4) is 0 Å². The van der Waals surface area contributed by atoms with Crippen LogP contribution >= 0.6 is 0 Å². The monoisotopic (exact) mass is 268 g/mol. The van der Waals surface area contributed by atoms with Gasteiger partial charge in [0.1, 0.15) is 0 Å². The zero-order valence-electron chi connectivity index (χ0n) is 12.4. The zero-order valence-corrected chi connectivity index (χ0v) is 12.4. The summed E-state index contributed by atoms with van der Waals surface area (Å²) in [5.41, 5.74) is 10.4. The number of nitrogens with two attached hydrogens (primary N) is 1. The van der Waals surface area contributed by atoms with Gasteiger partial charge in [0.2, 0.25) is 0 Å². The average molecular weight is 268 g/mol. The van der Waals surface area contributed by atoms with Gasteiger partial charge in [-0.15, -0.1) is 0 Å². The standard InChI is InChI=1S/C18H24N2/c1-14(2)7-6-8-15-13-17(11-12-18(15)19)20-16-9-4-3-5-10-16/h3-5,9-14,20H,6-8,19H2,1-2H3. The van der Waals surface area contributed by atoms with Crippen LogP contribution in [0.5, 0.6) is 0 Å². The SMILES string of the molecule is CC(C)CCCc1cc(Nc2ccccc2)ccc1N. The summed E-state index contributed by atoms with van der Waals surface area (Å²) in [7, 11) is 0. The Kier molecular flexibility index (Phi) is 5.05. The van der Waals surface area contributed by atoms with Crippen LogP contribution in [-0.4, -0.2) is 0 Å². The van der Waals surface area contributed by atoms with Crippen molar-refractivity contribution in [2.24, 2.45) is 5.92 Å². The quantitative estimate of drug-likeness (QED) is 0.724. The van der Waals surface area contributed by atoms with E-state index < -0.39 is 0 Å².